The zero-order chi connectivity index (χ0) is 25.5. The molecule has 192 valence electrons. The van der Waals surface area contributed by atoms with Crippen LogP contribution in [0.15, 0.2) is 22.8 Å². The van der Waals surface area contributed by atoms with Crippen LogP contribution in [-0.4, -0.2) is 25.9 Å². The van der Waals surface area contributed by atoms with E-state index in [0.29, 0.717) is 5.92 Å². The first-order valence-corrected chi connectivity index (χ1v) is 13.4. The molecule has 0 aliphatic carbocycles. The topological polar surface area (TPSA) is 18.5 Å². The van der Waals surface area contributed by atoms with Crippen molar-refractivity contribution in [2.24, 2.45) is 33.0 Å². The van der Waals surface area contributed by atoms with Gasteiger partial charge in [-0.15, -0.1) is 0 Å². The first-order valence-electron chi connectivity index (χ1n) is 13.4. The smallest absolute Gasteiger partial charge is 0.0838 e. The largest absolute Gasteiger partial charge is 0.377 e. The minimum atomic E-state index is 0.0699. The first-order chi connectivity index (χ1) is 14.8. The van der Waals surface area contributed by atoms with Gasteiger partial charge in [0.05, 0.1) is 25.9 Å². The summed E-state index contributed by atoms with van der Waals surface area (Å²) in [6.45, 7) is 33.8. The third-order valence-corrected chi connectivity index (χ3v) is 9.41. The summed E-state index contributed by atoms with van der Waals surface area (Å²) in [6.07, 6.45) is 7.17. The Morgan fingerprint density at radius 1 is 0.879 bits per heavy atom. The average Bonchev–Trinajstić information content (AvgIpc) is 2.70. The summed E-state index contributed by atoms with van der Waals surface area (Å²) in [5.74, 6) is 0.581. The van der Waals surface area contributed by atoms with Gasteiger partial charge in [-0.2, -0.15) is 0 Å². The van der Waals surface area contributed by atoms with Crippen LogP contribution in [0.1, 0.15) is 116 Å². The van der Waals surface area contributed by atoms with Crippen molar-refractivity contribution in [2.75, 3.05) is 19.8 Å². The van der Waals surface area contributed by atoms with Gasteiger partial charge in [0.1, 0.15) is 0 Å². The van der Waals surface area contributed by atoms with Crippen molar-refractivity contribution in [1.82, 2.24) is 0 Å². The molecule has 0 saturated carbocycles. The van der Waals surface area contributed by atoms with Crippen LogP contribution in [0.25, 0.3) is 0 Å². The summed E-state index contributed by atoms with van der Waals surface area (Å²) < 4.78 is 12.4. The van der Waals surface area contributed by atoms with Gasteiger partial charge in [0.15, 0.2) is 0 Å². The van der Waals surface area contributed by atoms with Crippen molar-refractivity contribution in [2.45, 2.75) is 122 Å². The van der Waals surface area contributed by atoms with E-state index < -0.39 is 0 Å². The highest BCUT2D eigenvalue weighted by Crippen LogP contribution is 2.54. The zero-order valence-corrected chi connectivity index (χ0v) is 24.5. The summed E-state index contributed by atoms with van der Waals surface area (Å²) in [4.78, 5) is 0. The van der Waals surface area contributed by atoms with E-state index in [1.54, 1.807) is 11.1 Å². The van der Waals surface area contributed by atoms with Gasteiger partial charge in [-0.25, -0.2) is 0 Å². The molecule has 0 amide bonds. The van der Waals surface area contributed by atoms with E-state index in [4.69, 9.17) is 9.47 Å². The summed E-state index contributed by atoms with van der Waals surface area (Å²) >= 11 is 0. The van der Waals surface area contributed by atoms with Gasteiger partial charge in [-0.3, -0.25) is 0 Å². The van der Waals surface area contributed by atoms with E-state index in [-0.39, 0.29) is 33.2 Å². The summed E-state index contributed by atoms with van der Waals surface area (Å²) in [6, 6.07) is 0. The maximum atomic E-state index is 6.36. The lowest BCUT2D eigenvalue weighted by atomic mass is 9.57. The minimum Gasteiger partial charge on any atom is -0.377 e. The molecule has 2 heterocycles. The van der Waals surface area contributed by atoms with E-state index in [9.17, 15) is 0 Å². The molecule has 0 saturated heterocycles. The quantitative estimate of drug-likeness (QED) is 0.353. The summed E-state index contributed by atoms with van der Waals surface area (Å²) in [5, 5.41) is 0. The molecule has 33 heavy (non-hydrogen) atoms. The van der Waals surface area contributed by atoms with E-state index in [0.717, 1.165) is 32.7 Å². The molecule has 0 radical (unpaired) electrons. The number of rotatable bonds is 7. The normalized spacial score (nSPS) is 22.9. The average molecular weight is 461 g/mol. The SMILES string of the molecule is CC(C1=C(C(C)(C)CCC(C)(C)C(C)(C)C2=CCCOC2C(C)(C)C)COCC1)C(C)(C)C. The van der Waals surface area contributed by atoms with Crippen LogP contribution >= 0.6 is 0 Å². The molecule has 2 rings (SSSR count). The molecule has 2 heteroatoms. The van der Waals surface area contributed by atoms with Crippen molar-refractivity contribution >= 4 is 0 Å². The van der Waals surface area contributed by atoms with Gasteiger partial charge < -0.3 is 9.47 Å². The van der Waals surface area contributed by atoms with Gasteiger partial charge in [-0.1, -0.05) is 102 Å². The number of ether oxygens (including phenoxy) is 2. The van der Waals surface area contributed by atoms with Gasteiger partial charge >= 0.3 is 0 Å². The van der Waals surface area contributed by atoms with Crippen LogP contribution in [-0.2, 0) is 9.47 Å². The molecular formula is C31H56O2. The maximum absolute atomic E-state index is 6.36. The van der Waals surface area contributed by atoms with Crippen LogP contribution in [0, 0.1) is 33.0 Å². The standard InChI is InChI=1S/C31H56O2/c1-22(27(2,3)4)23-16-20-32-21-25(23)29(8,9)17-18-30(10,11)31(12,13)24-15-14-19-33-26(24)28(5,6)7/h15,22,26H,14,16-21H2,1-13H3. The maximum Gasteiger partial charge on any atom is 0.0838 e. The number of hydrogen-bond acceptors (Lipinski definition) is 2. The fraction of sp³-hybridized carbons (Fsp3) is 0.871. The lowest BCUT2D eigenvalue weighted by Gasteiger charge is -2.50. The van der Waals surface area contributed by atoms with Crippen molar-refractivity contribution in [3.05, 3.63) is 22.8 Å². The van der Waals surface area contributed by atoms with Crippen molar-refractivity contribution in [3.8, 4) is 0 Å². The Bertz CT molecular complexity index is 734. The Hall–Kier alpha value is -0.600. The number of hydrogen-bond donors (Lipinski definition) is 0. The Labute approximate surface area is 207 Å². The second-order valence-electron chi connectivity index (χ2n) is 14.9. The molecular weight excluding hydrogens is 404 g/mol. The third-order valence-electron chi connectivity index (χ3n) is 9.41. The van der Waals surface area contributed by atoms with E-state index in [1.807, 2.05) is 0 Å². The Balaban J connectivity index is 2.30. The Morgan fingerprint density at radius 3 is 2.03 bits per heavy atom. The highest BCUT2D eigenvalue weighted by atomic mass is 16.5. The van der Waals surface area contributed by atoms with Gasteiger partial charge in [0, 0.05) is 0 Å². The van der Waals surface area contributed by atoms with E-state index >= 15 is 0 Å². The Morgan fingerprint density at radius 2 is 1.48 bits per heavy atom. The van der Waals surface area contributed by atoms with E-state index in [2.05, 4.69) is 96.1 Å². The second-order valence-corrected chi connectivity index (χ2v) is 14.9. The second kappa shape index (κ2) is 9.81. The molecule has 0 aromatic carbocycles. The monoisotopic (exact) mass is 460 g/mol. The predicted octanol–water partition coefficient (Wildman–Crippen LogP) is 9.01. The summed E-state index contributed by atoms with van der Waals surface area (Å²) in [5.41, 5.74) is 5.50. The lowest BCUT2D eigenvalue weighted by molar-refractivity contribution is -0.0278. The molecule has 0 fully saturated rings. The van der Waals surface area contributed by atoms with Crippen molar-refractivity contribution in [3.63, 3.8) is 0 Å². The molecule has 2 atom stereocenters. The van der Waals surface area contributed by atoms with Gasteiger partial charge in [-0.05, 0) is 69.8 Å². The summed E-state index contributed by atoms with van der Waals surface area (Å²) in [7, 11) is 0. The van der Waals surface area contributed by atoms with Crippen LogP contribution < -0.4 is 0 Å². The molecule has 0 aromatic rings. The third kappa shape index (κ3) is 6.35. The molecule has 2 unspecified atom stereocenters. The molecule has 0 N–H and O–H groups in total. The van der Waals surface area contributed by atoms with Crippen LogP contribution in [0.3, 0.4) is 0 Å². The fourth-order valence-corrected chi connectivity index (χ4v) is 5.61. The minimum absolute atomic E-state index is 0.0699. The van der Waals surface area contributed by atoms with Crippen LogP contribution in [0.2, 0.25) is 0 Å². The fourth-order valence-electron chi connectivity index (χ4n) is 5.61. The van der Waals surface area contributed by atoms with Gasteiger partial charge in [0.2, 0.25) is 0 Å². The molecule has 2 nitrogen and oxygen atoms in total. The van der Waals surface area contributed by atoms with Crippen LogP contribution in [0.5, 0.6) is 0 Å². The van der Waals surface area contributed by atoms with E-state index in [1.165, 1.54) is 18.4 Å². The highest BCUT2D eigenvalue weighted by Gasteiger charge is 2.46. The molecule has 0 bridgehead atoms. The molecule has 0 aromatic heterocycles. The zero-order valence-electron chi connectivity index (χ0n) is 24.5. The Kier molecular flexibility index (Phi) is 8.51. The predicted molar refractivity (Wildman–Crippen MR) is 144 cm³/mol. The first kappa shape index (κ1) is 28.6. The van der Waals surface area contributed by atoms with Crippen molar-refractivity contribution in [1.29, 1.82) is 0 Å². The molecule has 2 aliphatic heterocycles. The van der Waals surface area contributed by atoms with Crippen LogP contribution in [0.4, 0.5) is 0 Å². The molecule has 0 spiro atoms. The molecule has 2 aliphatic rings. The van der Waals surface area contributed by atoms with Crippen molar-refractivity contribution < 1.29 is 9.47 Å². The van der Waals surface area contributed by atoms with Gasteiger partial charge in [0.25, 0.3) is 0 Å². The highest BCUT2D eigenvalue weighted by molar-refractivity contribution is 5.28. The lowest BCUT2D eigenvalue weighted by Crippen LogP contribution is -2.45.